The third-order valence-corrected chi connectivity index (χ3v) is 5.20. The van der Waals surface area contributed by atoms with E-state index in [1.807, 2.05) is 65.6 Å². The van der Waals surface area contributed by atoms with Crippen molar-refractivity contribution in [1.82, 2.24) is 9.97 Å². The van der Waals surface area contributed by atoms with Crippen LogP contribution in [0.4, 0.5) is 17.5 Å². The summed E-state index contributed by atoms with van der Waals surface area (Å²) < 4.78 is 10.9. The summed E-state index contributed by atoms with van der Waals surface area (Å²) in [7, 11) is 3.32. The first kappa shape index (κ1) is 20.6. The molecule has 4 rings (SSSR count). The molecule has 0 unspecified atom stereocenters. The molecular formula is C25H26N4O2. The lowest BCUT2D eigenvalue weighted by Crippen LogP contribution is -2.24. The van der Waals surface area contributed by atoms with Crippen LogP contribution in [0.2, 0.25) is 0 Å². The topological polar surface area (TPSA) is 73.5 Å². The Morgan fingerprint density at radius 2 is 1.58 bits per heavy atom. The number of benzene rings is 3. The van der Waals surface area contributed by atoms with E-state index in [9.17, 15) is 0 Å². The van der Waals surface area contributed by atoms with Crippen molar-refractivity contribution in [2.24, 2.45) is 0 Å². The Kier molecular flexibility index (Phi) is 6.29. The van der Waals surface area contributed by atoms with Crippen molar-refractivity contribution in [2.45, 2.75) is 6.42 Å². The van der Waals surface area contributed by atoms with Gasteiger partial charge < -0.3 is 20.1 Å². The van der Waals surface area contributed by atoms with Crippen molar-refractivity contribution in [3.05, 3.63) is 83.9 Å². The Bertz CT molecular complexity index is 1150. The molecule has 6 heteroatoms. The molecule has 0 saturated carbocycles. The second-order valence-electron chi connectivity index (χ2n) is 7.20. The first-order chi connectivity index (χ1) is 15.2. The van der Waals surface area contributed by atoms with Gasteiger partial charge in [-0.1, -0.05) is 54.6 Å². The number of hydrogen-bond acceptors (Lipinski definition) is 6. The average Bonchev–Trinajstić information content (AvgIpc) is 2.81. The van der Waals surface area contributed by atoms with Crippen molar-refractivity contribution in [1.29, 1.82) is 0 Å². The molecule has 0 aliphatic heterocycles. The fraction of sp³-hybridized carbons (Fsp3) is 0.200. The van der Waals surface area contributed by atoms with Crippen LogP contribution >= 0.6 is 0 Å². The van der Waals surface area contributed by atoms with Crippen LogP contribution in [0, 0.1) is 0 Å². The summed E-state index contributed by atoms with van der Waals surface area (Å²) in [4.78, 5) is 11.6. The van der Waals surface area contributed by atoms with Gasteiger partial charge in [0.2, 0.25) is 5.95 Å². The third kappa shape index (κ3) is 4.44. The third-order valence-electron chi connectivity index (χ3n) is 5.20. The number of rotatable bonds is 8. The standard InChI is InChI=1S/C25H26N4O2/c1-30-16-15-29(20-11-7-4-8-12-20)25-27-23-21(31-2)14-13-19(22(23)24(26)28-25)17-18-9-5-3-6-10-18/h3-14H,15-17H2,1-2H3,(H2,26,27,28). The molecular weight excluding hydrogens is 388 g/mol. The maximum absolute atomic E-state index is 6.52. The molecule has 0 saturated heterocycles. The number of nitrogens with two attached hydrogens (primary N) is 1. The van der Waals surface area contributed by atoms with E-state index in [2.05, 4.69) is 12.1 Å². The van der Waals surface area contributed by atoms with Crippen molar-refractivity contribution in [2.75, 3.05) is 38.0 Å². The van der Waals surface area contributed by atoms with Gasteiger partial charge in [0.25, 0.3) is 0 Å². The van der Waals surface area contributed by atoms with Crippen LogP contribution in [0.5, 0.6) is 5.75 Å². The zero-order valence-corrected chi connectivity index (χ0v) is 17.8. The van der Waals surface area contributed by atoms with Crippen LogP contribution < -0.4 is 15.4 Å². The quantitative estimate of drug-likeness (QED) is 0.454. The molecule has 158 valence electrons. The van der Waals surface area contributed by atoms with Crippen molar-refractivity contribution in [3.63, 3.8) is 0 Å². The first-order valence-electron chi connectivity index (χ1n) is 10.2. The van der Waals surface area contributed by atoms with Gasteiger partial charge in [-0.25, -0.2) is 4.98 Å². The van der Waals surface area contributed by atoms with E-state index in [1.165, 1.54) is 5.56 Å². The highest BCUT2D eigenvalue weighted by atomic mass is 16.5. The lowest BCUT2D eigenvalue weighted by Gasteiger charge is -2.23. The van der Waals surface area contributed by atoms with Gasteiger partial charge in [0.1, 0.15) is 17.1 Å². The second-order valence-corrected chi connectivity index (χ2v) is 7.20. The maximum Gasteiger partial charge on any atom is 0.232 e. The summed E-state index contributed by atoms with van der Waals surface area (Å²) in [6.07, 6.45) is 0.736. The first-order valence-corrected chi connectivity index (χ1v) is 10.2. The Morgan fingerprint density at radius 3 is 2.26 bits per heavy atom. The number of ether oxygens (including phenoxy) is 2. The maximum atomic E-state index is 6.52. The second kappa shape index (κ2) is 9.45. The lowest BCUT2D eigenvalue weighted by molar-refractivity contribution is 0.207. The largest absolute Gasteiger partial charge is 0.494 e. The fourth-order valence-electron chi connectivity index (χ4n) is 3.68. The van der Waals surface area contributed by atoms with Crippen LogP contribution in [0.25, 0.3) is 10.9 Å². The summed E-state index contributed by atoms with van der Waals surface area (Å²) in [5, 5.41) is 0.826. The van der Waals surface area contributed by atoms with E-state index < -0.39 is 0 Å². The SMILES string of the molecule is COCCN(c1ccccc1)c1nc(N)c2c(Cc3ccccc3)ccc(OC)c2n1. The number of anilines is 3. The number of nitrogen functional groups attached to an aromatic ring is 1. The molecule has 31 heavy (non-hydrogen) atoms. The van der Waals surface area contributed by atoms with E-state index in [-0.39, 0.29) is 0 Å². The summed E-state index contributed by atoms with van der Waals surface area (Å²) in [6.45, 7) is 1.12. The van der Waals surface area contributed by atoms with Gasteiger partial charge in [0, 0.05) is 24.7 Å². The summed E-state index contributed by atoms with van der Waals surface area (Å²) >= 11 is 0. The van der Waals surface area contributed by atoms with Gasteiger partial charge >= 0.3 is 0 Å². The van der Waals surface area contributed by atoms with E-state index in [1.54, 1.807) is 14.2 Å². The molecule has 2 N–H and O–H groups in total. The van der Waals surface area contributed by atoms with Crippen LogP contribution in [-0.2, 0) is 11.2 Å². The van der Waals surface area contributed by atoms with Gasteiger partial charge in [-0.15, -0.1) is 0 Å². The monoisotopic (exact) mass is 414 g/mol. The fourth-order valence-corrected chi connectivity index (χ4v) is 3.68. The minimum atomic E-state index is 0.433. The minimum absolute atomic E-state index is 0.433. The molecule has 0 spiro atoms. The van der Waals surface area contributed by atoms with Gasteiger partial charge in [-0.05, 0) is 35.7 Å². The Labute approximate surface area is 182 Å². The molecule has 3 aromatic carbocycles. The van der Waals surface area contributed by atoms with E-state index in [0.29, 0.717) is 36.2 Å². The molecule has 1 heterocycles. The van der Waals surface area contributed by atoms with E-state index in [4.69, 9.17) is 25.2 Å². The van der Waals surface area contributed by atoms with Crippen molar-refractivity contribution < 1.29 is 9.47 Å². The Hall–Kier alpha value is -3.64. The highest BCUT2D eigenvalue weighted by molar-refractivity contribution is 5.96. The average molecular weight is 415 g/mol. The minimum Gasteiger partial charge on any atom is -0.494 e. The van der Waals surface area contributed by atoms with Crippen molar-refractivity contribution in [3.8, 4) is 5.75 Å². The highest BCUT2D eigenvalue weighted by Crippen LogP contribution is 2.34. The molecule has 4 aromatic rings. The molecule has 0 bridgehead atoms. The Balaban J connectivity index is 1.84. The van der Waals surface area contributed by atoms with E-state index >= 15 is 0 Å². The molecule has 0 amide bonds. The zero-order chi connectivity index (χ0) is 21.6. The van der Waals surface area contributed by atoms with E-state index in [0.717, 1.165) is 23.1 Å². The van der Waals surface area contributed by atoms with Crippen LogP contribution in [0.1, 0.15) is 11.1 Å². The summed E-state index contributed by atoms with van der Waals surface area (Å²) in [6, 6.07) is 24.2. The molecule has 0 radical (unpaired) electrons. The molecule has 0 aliphatic rings. The molecule has 1 aromatic heterocycles. The predicted octanol–water partition coefficient (Wildman–Crippen LogP) is 4.60. The number of methoxy groups -OCH3 is 2. The van der Waals surface area contributed by atoms with Crippen LogP contribution in [0.3, 0.4) is 0 Å². The number of para-hydroxylation sites is 1. The smallest absolute Gasteiger partial charge is 0.232 e. The van der Waals surface area contributed by atoms with Gasteiger partial charge in [-0.2, -0.15) is 4.98 Å². The number of fused-ring (bicyclic) bond motifs is 1. The van der Waals surface area contributed by atoms with Gasteiger partial charge in [0.15, 0.2) is 0 Å². The van der Waals surface area contributed by atoms with Crippen molar-refractivity contribution >= 4 is 28.4 Å². The Morgan fingerprint density at radius 1 is 0.871 bits per heavy atom. The molecule has 6 nitrogen and oxygen atoms in total. The van der Waals surface area contributed by atoms with Gasteiger partial charge in [0.05, 0.1) is 13.7 Å². The number of hydrogen-bond donors (Lipinski definition) is 1. The zero-order valence-electron chi connectivity index (χ0n) is 17.8. The normalized spacial score (nSPS) is 10.9. The molecule has 0 atom stereocenters. The highest BCUT2D eigenvalue weighted by Gasteiger charge is 2.19. The van der Waals surface area contributed by atoms with Crippen LogP contribution in [-0.4, -0.2) is 37.3 Å². The molecule has 0 aliphatic carbocycles. The number of aromatic nitrogens is 2. The summed E-state index contributed by atoms with van der Waals surface area (Å²) in [5.74, 6) is 1.62. The van der Waals surface area contributed by atoms with Gasteiger partial charge in [-0.3, -0.25) is 0 Å². The lowest BCUT2D eigenvalue weighted by atomic mass is 10.0. The van der Waals surface area contributed by atoms with Crippen LogP contribution in [0.15, 0.2) is 72.8 Å². The predicted molar refractivity (Wildman–Crippen MR) is 125 cm³/mol. The number of nitrogens with zero attached hydrogens (tertiary/aromatic N) is 3. The summed E-state index contributed by atoms with van der Waals surface area (Å²) in [5.41, 5.74) is 10.5. The molecule has 0 fully saturated rings.